The zero-order valence-electron chi connectivity index (χ0n) is 13.4. The fourth-order valence-corrected chi connectivity index (χ4v) is 1.99. The van der Waals surface area contributed by atoms with Crippen LogP contribution in [-0.4, -0.2) is 57.4 Å². The Bertz CT molecular complexity index is 427. The van der Waals surface area contributed by atoms with Crippen molar-refractivity contribution in [3.05, 3.63) is 29.8 Å². The zero-order chi connectivity index (χ0) is 15.7. The van der Waals surface area contributed by atoms with Crippen molar-refractivity contribution in [2.45, 2.75) is 19.9 Å². The fourth-order valence-electron chi connectivity index (χ4n) is 1.99. The van der Waals surface area contributed by atoms with E-state index in [9.17, 15) is 4.79 Å². The Morgan fingerprint density at radius 1 is 1.14 bits per heavy atom. The third kappa shape index (κ3) is 5.73. The molecule has 5 heteroatoms. The van der Waals surface area contributed by atoms with Crippen LogP contribution in [0, 0.1) is 0 Å². The Balaban J connectivity index is 2.91. The largest absolute Gasteiger partial charge is 0.383 e. The van der Waals surface area contributed by atoms with Gasteiger partial charge in [0.05, 0.1) is 18.8 Å². The molecule has 0 aromatic heterocycles. The van der Waals surface area contributed by atoms with Crippen LogP contribution >= 0.6 is 0 Å². The van der Waals surface area contributed by atoms with Gasteiger partial charge in [-0.3, -0.25) is 4.79 Å². The Morgan fingerprint density at radius 3 is 2.24 bits per heavy atom. The molecule has 1 amide bonds. The van der Waals surface area contributed by atoms with Gasteiger partial charge in [-0.25, -0.2) is 0 Å². The van der Waals surface area contributed by atoms with Crippen LogP contribution in [0.5, 0.6) is 0 Å². The second kappa shape index (κ2) is 9.37. The highest BCUT2D eigenvalue weighted by atomic mass is 16.5. The predicted molar refractivity (Wildman–Crippen MR) is 84.9 cm³/mol. The molecule has 1 rings (SSSR count). The van der Waals surface area contributed by atoms with Gasteiger partial charge in [0.2, 0.25) is 0 Å². The van der Waals surface area contributed by atoms with E-state index in [2.05, 4.69) is 19.2 Å². The van der Waals surface area contributed by atoms with Crippen LogP contribution in [0.1, 0.15) is 24.2 Å². The van der Waals surface area contributed by atoms with Crippen LogP contribution in [0.3, 0.4) is 0 Å². The van der Waals surface area contributed by atoms with Gasteiger partial charge in [-0.2, -0.15) is 0 Å². The molecule has 0 aliphatic heterocycles. The predicted octanol–water partition coefficient (Wildman–Crippen LogP) is 2.24. The first-order valence-corrected chi connectivity index (χ1v) is 7.22. The number of carbonyl (C=O) groups is 1. The Morgan fingerprint density at radius 2 is 1.71 bits per heavy atom. The summed E-state index contributed by atoms with van der Waals surface area (Å²) in [4.78, 5) is 14.5. The molecular weight excluding hydrogens is 268 g/mol. The van der Waals surface area contributed by atoms with Gasteiger partial charge in [0.25, 0.3) is 5.91 Å². The SMILES string of the molecule is COCCN(CCOC)C(=O)c1ccccc1NC(C)C. The fraction of sp³-hybridized carbons (Fsp3) is 0.562. The summed E-state index contributed by atoms with van der Waals surface area (Å²) >= 11 is 0. The van der Waals surface area contributed by atoms with E-state index in [1.54, 1.807) is 19.1 Å². The minimum absolute atomic E-state index is 0.00662. The maximum Gasteiger partial charge on any atom is 0.256 e. The summed E-state index contributed by atoms with van der Waals surface area (Å²) in [6.45, 7) is 6.22. The van der Waals surface area contributed by atoms with E-state index >= 15 is 0 Å². The normalized spacial score (nSPS) is 10.7. The molecular formula is C16H26N2O3. The van der Waals surface area contributed by atoms with E-state index in [0.29, 0.717) is 31.9 Å². The van der Waals surface area contributed by atoms with E-state index < -0.39 is 0 Å². The van der Waals surface area contributed by atoms with Gasteiger partial charge in [-0.05, 0) is 26.0 Å². The molecule has 0 saturated heterocycles. The number of hydrogen-bond donors (Lipinski definition) is 1. The first kappa shape index (κ1) is 17.5. The summed E-state index contributed by atoms with van der Waals surface area (Å²) in [5.41, 5.74) is 1.54. The molecule has 0 aliphatic rings. The summed E-state index contributed by atoms with van der Waals surface area (Å²) in [5.74, 6) is -0.00662. The molecule has 1 aromatic carbocycles. The van der Waals surface area contributed by atoms with Gasteiger partial charge in [-0.1, -0.05) is 12.1 Å². The quantitative estimate of drug-likeness (QED) is 0.759. The molecule has 0 aliphatic carbocycles. The number of methoxy groups -OCH3 is 2. The van der Waals surface area contributed by atoms with Gasteiger partial charge in [0.1, 0.15) is 0 Å². The van der Waals surface area contributed by atoms with Crippen molar-refractivity contribution in [3.63, 3.8) is 0 Å². The summed E-state index contributed by atoms with van der Waals surface area (Å²) in [7, 11) is 3.26. The lowest BCUT2D eigenvalue weighted by molar-refractivity contribution is 0.0628. The smallest absolute Gasteiger partial charge is 0.256 e. The van der Waals surface area contributed by atoms with E-state index in [1.165, 1.54) is 0 Å². The maximum absolute atomic E-state index is 12.7. The second-order valence-electron chi connectivity index (χ2n) is 5.12. The van der Waals surface area contributed by atoms with Crippen LogP contribution in [-0.2, 0) is 9.47 Å². The average Bonchev–Trinajstić information content (AvgIpc) is 2.47. The first-order chi connectivity index (χ1) is 10.1. The monoisotopic (exact) mass is 294 g/mol. The summed E-state index contributed by atoms with van der Waals surface area (Å²) in [6.07, 6.45) is 0. The van der Waals surface area contributed by atoms with Crippen molar-refractivity contribution in [1.82, 2.24) is 4.90 Å². The minimum atomic E-state index is -0.00662. The number of para-hydroxylation sites is 1. The van der Waals surface area contributed by atoms with Gasteiger partial charge < -0.3 is 19.7 Å². The third-order valence-corrected chi connectivity index (χ3v) is 3.02. The third-order valence-electron chi connectivity index (χ3n) is 3.02. The molecule has 0 radical (unpaired) electrons. The van der Waals surface area contributed by atoms with E-state index in [4.69, 9.17) is 9.47 Å². The summed E-state index contributed by atoms with van der Waals surface area (Å²) < 4.78 is 10.2. The van der Waals surface area contributed by atoms with Crippen LogP contribution in [0.4, 0.5) is 5.69 Å². The molecule has 0 unspecified atom stereocenters. The molecule has 0 atom stereocenters. The number of nitrogens with zero attached hydrogens (tertiary/aromatic N) is 1. The highest BCUT2D eigenvalue weighted by Gasteiger charge is 2.18. The highest BCUT2D eigenvalue weighted by molar-refractivity contribution is 5.99. The molecule has 0 heterocycles. The van der Waals surface area contributed by atoms with E-state index in [0.717, 1.165) is 5.69 Å². The van der Waals surface area contributed by atoms with Crippen molar-refractivity contribution < 1.29 is 14.3 Å². The Hall–Kier alpha value is -1.59. The first-order valence-electron chi connectivity index (χ1n) is 7.22. The topological polar surface area (TPSA) is 50.8 Å². The molecule has 5 nitrogen and oxygen atoms in total. The highest BCUT2D eigenvalue weighted by Crippen LogP contribution is 2.18. The summed E-state index contributed by atoms with van der Waals surface area (Å²) in [6, 6.07) is 7.85. The van der Waals surface area contributed by atoms with Gasteiger partial charge in [0.15, 0.2) is 0 Å². The van der Waals surface area contributed by atoms with Crippen LogP contribution in [0.25, 0.3) is 0 Å². The number of anilines is 1. The van der Waals surface area contributed by atoms with Crippen LogP contribution < -0.4 is 5.32 Å². The summed E-state index contributed by atoms with van der Waals surface area (Å²) in [5, 5.41) is 3.31. The Labute approximate surface area is 127 Å². The number of rotatable bonds is 9. The number of ether oxygens (including phenoxy) is 2. The number of nitrogens with one attached hydrogen (secondary N) is 1. The lowest BCUT2D eigenvalue weighted by Gasteiger charge is -2.24. The number of hydrogen-bond acceptors (Lipinski definition) is 4. The molecule has 0 spiro atoms. The van der Waals surface area contributed by atoms with Crippen LogP contribution in [0.2, 0.25) is 0 Å². The van der Waals surface area contributed by atoms with E-state index in [1.807, 2.05) is 24.3 Å². The second-order valence-corrected chi connectivity index (χ2v) is 5.12. The van der Waals surface area contributed by atoms with Gasteiger partial charge in [0, 0.05) is 39.0 Å². The van der Waals surface area contributed by atoms with Crippen molar-refractivity contribution in [2.75, 3.05) is 45.8 Å². The van der Waals surface area contributed by atoms with Gasteiger partial charge >= 0.3 is 0 Å². The Kier molecular flexibility index (Phi) is 7.79. The van der Waals surface area contributed by atoms with Crippen LogP contribution in [0.15, 0.2) is 24.3 Å². The molecule has 0 saturated carbocycles. The lowest BCUT2D eigenvalue weighted by Crippen LogP contribution is -2.37. The molecule has 0 bridgehead atoms. The number of benzene rings is 1. The molecule has 1 aromatic rings. The minimum Gasteiger partial charge on any atom is -0.383 e. The molecule has 1 N–H and O–H groups in total. The average molecular weight is 294 g/mol. The zero-order valence-corrected chi connectivity index (χ0v) is 13.4. The maximum atomic E-state index is 12.7. The standard InChI is InChI=1S/C16H26N2O3/c1-13(2)17-15-8-6-5-7-14(15)16(19)18(9-11-20-3)10-12-21-4/h5-8,13,17H,9-12H2,1-4H3. The number of amides is 1. The lowest BCUT2D eigenvalue weighted by atomic mass is 10.1. The molecule has 0 fully saturated rings. The molecule has 118 valence electrons. The van der Waals surface area contributed by atoms with Crippen molar-refractivity contribution in [3.8, 4) is 0 Å². The van der Waals surface area contributed by atoms with Crippen molar-refractivity contribution >= 4 is 11.6 Å². The van der Waals surface area contributed by atoms with E-state index in [-0.39, 0.29) is 11.9 Å². The van der Waals surface area contributed by atoms with Gasteiger partial charge in [-0.15, -0.1) is 0 Å². The molecule has 21 heavy (non-hydrogen) atoms. The number of carbonyl (C=O) groups excluding carboxylic acids is 1. The van der Waals surface area contributed by atoms with Crippen molar-refractivity contribution in [1.29, 1.82) is 0 Å². The van der Waals surface area contributed by atoms with Crippen molar-refractivity contribution in [2.24, 2.45) is 0 Å².